The molecule has 1 fully saturated rings. The van der Waals surface area contributed by atoms with Gasteiger partial charge in [0.15, 0.2) is 0 Å². The lowest BCUT2D eigenvalue weighted by molar-refractivity contribution is 0.0637. The van der Waals surface area contributed by atoms with Crippen LogP contribution in [0.15, 0.2) is 30.5 Å². The Balaban J connectivity index is 1.70. The molecule has 4 rings (SSSR count). The second kappa shape index (κ2) is 6.33. The largest absolute Gasteiger partial charge is 0.478 e. The molecule has 2 aromatic heterocycles. The molecule has 4 heterocycles. The third kappa shape index (κ3) is 2.70. The van der Waals surface area contributed by atoms with Crippen molar-refractivity contribution < 1.29 is 19.4 Å². The highest BCUT2D eigenvalue weighted by molar-refractivity contribution is 5.98. The molecule has 25 heavy (non-hydrogen) atoms. The van der Waals surface area contributed by atoms with Crippen molar-refractivity contribution in [2.45, 2.75) is 32.0 Å². The predicted octanol–water partition coefficient (Wildman–Crippen LogP) is 2.09. The Morgan fingerprint density at radius 3 is 2.92 bits per heavy atom. The Labute approximate surface area is 144 Å². The van der Waals surface area contributed by atoms with Gasteiger partial charge in [0.2, 0.25) is 0 Å². The summed E-state index contributed by atoms with van der Waals surface area (Å²) in [6.45, 7) is 1.84. The highest BCUT2D eigenvalue weighted by Gasteiger charge is 2.34. The maximum atomic E-state index is 13.2. The van der Waals surface area contributed by atoms with Gasteiger partial charge in [-0.2, -0.15) is 0 Å². The standard InChI is InChI=1S/C18H19N3O4/c22-17(21-7-3-5-14(21)13-4-1-2-6-19-13)15-10-12(18(23)24)16-11-25-9-8-20(15)16/h1-2,4,6,10,14H,3,5,7-9,11H2,(H,23,24)/t14-/m1/s1. The molecule has 0 spiro atoms. The molecule has 0 bridgehead atoms. The number of pyridine rings is 1. The zero-order valence-electron chi connectivity index (χ0n) is 13.7. The zero-order valence-corrected chi connectivity index (χ0v) is 13.7. The van der Waals surface area contributed by atoms with Crippen LogP contribution in [-0.2, 0) is 17.9 Å². The number of aromatic carboxylic acids is 1. The Kier molecular flexibility index (Phi) is 4.01. The van der Waals surface area contributed by atoms with E-state index >= 15 is 0 Å². The van der Waals surface area contributed by atoms with Crippen LogP contribution in [0.4, 0.5) is 0 Å². The van der Waals surface area contributed by atoms with Crippen LogP contribution < -0.4 is 0 Å². The lowest BCUT2D eigenvalue weighted by atomic mass is 10.1. The van der Waals surface area contributed by atoms with Gasteiger partial charge in [0, 0.05) is 19.3 Å². The number of hydrogen-bond acceptors (Lipinski definition) is 4. The number of likely N-dealkylation sites (tertiary alicyclic amines) is 1. The van der Waals surface area contributed by atoms with E-state index in [0.29, 0.717) is 31.1 Å². The number of amides is 1. The van der Waals surface area contributed by atoms with E-state index in [-0.39, 0.29) is 24.1 Å². The minimum atomic E-state index is -1.03. The fraction of sp³-hybridized carbons (Fsp3) is 0.389. The number of nitrogens with zero attached hydrogens (tertiary/aromatic N) is 3. The highest BCUT2D eigenvalue weighted by Crippen LogP contribution is 2.33. The van der Waals surface area contributed by atoms with Crippen molar-refractivity contribution in [3.8, 4) is 0 Å². The first-order chi connectivity index (χ1) is 12.2. The van der Waals surface area contributed by atoms with Gasteiger partial charge in [-0.15, -0.1) is 0 Å². The molecule has 1 atom stereocenters. The molecule has 0 aromatic carbocycles. The van der Waals surface area contributed by atoms with Gasteiger partial charge in [0.05, 0.1) is 36.2 Å². The van der Waals surface area contributed by atoms with Crippen molar-refractivity contribution >= 4 is 11.9 Å². The van der Waals surface area contributed by atoms with E-state index in [0.717, 1.165) is 18.5 Å². The SMILES string of the molecule is O=C(O)c1cc(C(=O)N2CCC[C@@H]2c2ccccn2)n2c1COCC2. The van der Waals surface area contributed by atoms with Crippen molar-refractivity contribution in [3.05, 3.63) is 53.1 Å². The van der Waals surface area contributed by atoms with Crippen molar-refractivity contribution in [2.75, 3.05) is 13.2 Å². The van der Waals surface area contributed by atoms with Gasteiger partial charge >= 0.3 is 5.97 Å². The van der Waals surface area contributed by atoms with Crippen LogP contribution in [0.25, 0.3) is 0 Å². The number of carboxylic acid groups (broad SMARTS) is 1. The number of carboxylic acids is 1. The Bertz CT molecular complexity index is 815. The van der Waals surface area contributed by atoms with Crippen LogP contribution >= 0.6 is 0 Å². The highest BCUT2D eigenvalue weighted by atomic mass is 16.5. The maximum absolute atomic E-state index is 13.2. The summed E-state index contributed by atoms with van der Waals surface area (Å²) in [7, 11) is 0. The molecular weight excluding hydrogens is 322 g/mol. The molecule has 130 valence electrons. The van der Waals surface area contributed by atoms with E-state index in [1.165, 1.54) is 6.07 Å². The first-order valence-corrected chi connectivity index (χ1v) is 8.42. The molecule has 0 aliphatic carbocycles. The number of rotatable bonds is 3. The molecule has 2 aliphatic heterocycles. The molecule has 0 unspecified atom stereocenters. The lowest BCUT2D eigenvalue weighted by Crippen LogP contribution is -2.33. The first kappa shape index (κ1) is 15.8. The molecule has 0 radical (unpaired) electrons. The molecular formula is C18H19N3O4. The Morgan fingerprint density at radius 1 is 1.28 bits per heavy atom. The average molecular weight is 341 g/mol. The van der Waals surface area contributed by atoms with Gasteiger partial charge in [-0.05, 0) is 31.0 Å². The summed E-state index contributed by atoms with van der Waals surface area (Å²) in [5, 5.41) is 9.43. The van der Waals surface area contributed by atoms with Gasteiger partial charge < -0.3 is 19.3 Å². The van der Waals surface area contributed by atoms with Gasteiger partial charge in [-0.1, -0.05) is 6.07 Å². The average Bonchev–Trinajstić information content (AvgIpc) is 3.27. The van der Waals surface area contributed by atoms with E-state index in [9.17, 15) is 14.7 Å². The molecule has 1 N–H and O–H groups in total. The molecule has 7 nitrogen and oxygen atoms in total. The normalized spacial score (nSPS) is 19.7. The zero-order chi connectivity index (χ0) is 17.4. The van der Waals surface area contributed by atoms with Crippen LogP contribution in [0.3, 0.4) is 0 Å². The second-order valence-corrected chi connectivity index (χ2v) is 6.31. The minimum Gasteiger partial charge on any atom is -0.478 e. The summed E-state index contributed by atoms with van der Waals surface area (Å²) < 4.78 is 7.17. The van der Waals surface area contributed by atoms with Gasteiger partial charge in [0.1, 0.15) is 5.69 Å². The molecule has 2 aliphatic rings. The van der Waals surface area contributed by atoms with Crippen molar-refractivity contribution in [2.24, 2.45) is 0 Å². The number of fused-ring (bicyclic) bond motifs is 1. The number of carbonyl (C=O) groups is 2. The number of ether oxygens (including phenoxy) is 1. The Hall–Kier alpha value is -2.67. The van der Waals surface area contributed by atoms with E-state index in [1.807, 2.05) is 23.1 Å². The van der Waals surface area contributed by atoms with Crippen LogP contribution in [0, 0.1) is 0 Å². The van der Waals surface area contributed by atoms with Crippen LogP contribution in [0.2, 0.25) is 0 Å². The van der Waals surface area contributed by atoms with Crippen molar-refractivity contribution in [1.29, 1.82) is 0 Å². The number of aromatic nitrogens is 2. The third-order valence-corrected chi connectivity index (χ3v) is 4.90. The number of hydrogen-bond donors (Lipinski definition) is 1. The molecule has 1 saturated heterocycles. The van der Waals surface area contributed by atoms with Gasteiger partial charge in [0.25, 0.3) is 5.91 Å². The fourth-order valence-electron chi connectivity index (χ4n) is 3.72. The molecule has 1 amide bonds. The molecule has 7 heteroatoms. The van der Waals surface area contributed by atoms with E-state index < -0.39 is 5.97 Å². The summed E-state index contributed by atoms with van der Waals surface area (Å²) in [6, 6.07) is 7.13. The topological polar surface area (TPSA) is 84.7 Å². The fourth-order valence-corrected chi connectivity index (χ4v) is 3.72. The van der Waals surface area contributed by atoms with Gasteiger partial charge in [-0.25, -0.2) is 4.79 Å². The second-order valence-electron chi connectivity index (χ2n) is 6.31. The quantitative estimate of drug-likeness (QED) is 0.924. The minimum absolute atomic E-state index is 0.0621. The smallest absolute Gasteiger partial charge is 0.337 e. The summed E-state index contributed by atoms with van der Waals surface area (Å²) >= 11 is 0. The van der Waals surface area contributed by atoms with Crippen molar-refractivity contribution in [3.63, 3.8) is 0 Å². The summed E-state index contributed by atoms with van der Waals surface area (Å²) in [5.41, 5.74) is 2.02. The third-order valence-electron chi connectivity index (χ3n) is 4.90. The van der Waals surface area contributed by atoms with E-state index in [2.05, 4.69) is 4.98 Å². The summed E-state index contributed by atoms with van der Waals surface area (Å²) in [5.74, 6) is -1.17. The molecule has 0 saturated carbocycles. The maximum Gasteiger partial charge on any atom is 0.337 e. The van der Waals surface area contributed by atoms with Gasteiger partial charge in [-0.3, -0.25) is 9.78 Å². The van der Waals surface area contributed by atoms with E-state index in [1.54, 1.807) is 10.8 Å². The summed E-state index contributed by atoms with van der Waals surface area (Å²) in [6.07, 6.45) is 3.51. The Morgan fingerprint density at radius 2 is 2.16 bits per heavy atom. The molecule has 2 aromatic rings. The van der Waals surface area contributed by atoms with Crippen molar-refractivity contribution in [1.82, 2.24) is 14.5 Å². The van der Waals surface area contributed by atoms with Crippen LogP contribution in [0.5, 0.6) is 0 Å². The number of carbonyl (C=O) groups excluding carboxylic acids is 1. The monoisotopic (exact) mass is 341 g/mol. The van der Waals surface area contributed by atoms with Crippen LogP contribution in [0.1, 0.15) is 51.1 Å². The predicted molar refractivity (Wildman–Crippen MR) is 88.3 cm³/mol. The first-order valence-electron chi connectivity index (χ1n) is 8.42. The van der Waals surface area contributed by atoms with Crippen LogP contribution in [-0.4, -0.2) is 44.6 Å². The lowest BCUT2D eigenvalue weighted by Gasteiger charge is -2.26. The van der Waals surface area contributed by atoms with E-state index in [4.69, 9.17) is 4.74 Å². The summed E-state index contributed by atoms with van der Waals surface area (Å²) in [4.78, 5) is 30.9.